The molecule has 0 saturated carbocycles. The lowest BCUT2D eigenvalue weighted by molar-refractivity contribution is 0.0686. The summed E-state index contributed by atoms with van der Waals surface area (Å²) < 4.78 is 26.5. The molecule has 1 N–H and O–H groups in total. The summed E-state index contributed by atoms with van der Waals surface area (Å²) in [6.07, 6.45) is 0. The third-order valence-electron chi connectivity index (χ3n) is 1.87. The lowest BCUT2D eigenvalue weighted by Gasteiger charge is -2.11. The first-order chi connectivity index (χ1) is 6.93. The Labute approximate surface area is 85.9 Å². The smallest absolute Gasteiger partial charge is 0.341 e. The number of hydrogen-bond donors (Lipinski definition) is 1. The van der Waals surface area contributed by atoms with Crippen LogP contribution < -0.4 is 0 Å². The van der Waals surface area contributed by atoms with Crippen molar-refractivity contribution >= 4 is 5.97 Å². The van der Waals surface area contributed by atoms with Crippen molar-refractivity contribution in [1.82, 2.24) is 4.90 Å². The van der Waals surface area contributed by atoms with Crippen molar-refractivity contribution in [2.24, 2.45) is 0 Å². The van der Waals surface area contributed by atoms with Crippen molar-refractivity contribution in [3.8, 4) is 0 Å². The molecule has 0 aromatic heterocycles. The predicted molar refractivity (Wildman–Crippen MR) is 50.7 cm³/mol. The normalized spacial score (nSPS) is 10.7. The highest BCUT2D eigenvalue weighted by atomic mass is 19.1. The highest BCUT2D eigenvalue weighted by Gasteiger charge is 2.19. The second-order valence-corrected chi connectivity index (χ2v) is 3.44. The van der Waals surface area contributed by atoms with Gasteiger partial charge in [-0.25, -0.2) is 13.6 Å². The van der Waals surface area contributed by atoms with Crippen LogP contribution in [0.2, 0.25) is 0 Å². The van der Waals surface area contributed by atoms with Crippen molar-refractivity contribution in [1.29, 1.82) is 0 Å². The van der Waals surface area contributed by atoms with E-state index >= 15 is 0 Å². The van der Waals surface area contributed by atoms with Gasteiger partial charge < -0.3 is 10.0 Å². The van der Waals surface area contributed by atoms with Crippen LogP contribution in [0.5, 0.6) is 0 Å². The summed E-state index contributed by atoms with van der Waals surface area (Å²) in [6.45, 7) is 0.229. The van der Waals surface area contributed by atoms with Gasteiger partial charge in [0, 0.05) is 12.1 Å². The van der Waals surface area contributed by atoms with Gasteiger partial charge in [0.15, 0.2) is 0 Å². The van der Waals surface area contributed by atoms with Crippen molar-refractivity contribution in [2.45, 2.75) is 6.54 Å². The fourth-order valence-corrected chi connectivity index (χ4v) is 1.25. The number of halogens is 2. The first kappa shape index (κ1) is 11.6. The molecule has 0 atom stereocenters. The molecule has 0 saturated heterocycles. The number of carboxylic acid groups (broad SMARTS) is 1. The maximum Gasteiger partial charge on any atom is 0.341 e. The van der Waals surface area contributed by atoms with E-state index < -0.39 is 23.2 Å². The van der Waals surface area contributed by atoms with Gasteiger partial charge >= 0.3 is 5.97 Å². The monoisotopic (exact) mass is 215 g/mol. The van der Waals surface area contributed by atoms with Crippen molar-refractivity contribution in [3.05, 3.63) is 34.9 Å². The van der Waals surface area contributed by atoms with E-state index in [1.807, 2.05) is 0 Å². The van der Waals surface area contributed by atoms with Crippen molar-refractivity contribution in [2.75, 3.05) is 14.1 Å². The molecule has 0 fully saturated rings. The summed E-state index contributed by atoms with van der Waals surface area (Å²) in [5.74, 6) is -3.65. The van der Waals surface area contributed by atoms with E-state index in [2.05, 4.69) is 0 Å². The van der Waals surface area contributed by atoms with Gasteiger partial charge in [0.1, 0.15) is 17.2 Å². The maximum atomic E-state index is 13.5. The van der Waals surface area contributed by atoms with Crippen LogP contribution in [0, 0.1) is 11.6 Å². The molecule has 0 aliphatic heterocycles. The highest BCUT2D eigenvalue weighted by Crippen LogP contribution is 2.17. The Morgan fingerprint density at radius 3 is 2.47 bits per heavy atom. The predicted octanol–water partition coefficient (Wildman–Crippen LogP) is 1.72. The molecule has 0 bridgehead atoms. The molecule has 0 amide bonds. The summed E-state index contributed by atoms with van der Waals surface area (Å²) in [5, 5.41) is 8.61. The molecule has 82 valence electrons. The molecule has 3 nitrogen and oxygen atoms in total. The molecular formula is C10H11F2NO2. The zero-order valence-electron chi connectivity index (χ0n) is 8.42. The third-order valence-corrected chi connectivity index (χ3v) is 1.87. The van der Waals surface area contributed by atoms with Crippen LogP contribution in [-0.4, -0.2) is 30.1 Å². The number of hydrogen-bond acceptors (Lipinski definition) is 2. The quantitative estimate of drug-likeness (QED) is 0.834. The van der Waals surface area contributed by atoms with Gasteiger partial charge in [-0.15, -0.1) is 0 Å². The summed E-state index contributed by atoms with van der Waals surface area (Å²) in [5.41, 5.74) is -0.729. The van der Waals surface area contributed by atoms with E-state index in [4.69, 9.17) is 5.11 Å². The molecule has 1 rings (SSSR count). The van der Waals surface area contributed by atoms with Crippen molar-refractivity contribution in [3.63, 3.8) is 0 Å². The third kappa shape index (κ3) is 2.50. The van der Waals surface area contributed by atoms with Gasteiger partial charge in [0.2, 0.25) is 0 Å². The topological polar surface area (TPSA) is 40.5 Å². The number of nitrogens with zero attached hydrogens (tertiary/aromatic N) is 1. The summed E-state index contributed by atoms with van der Waals surface area (Å²) >= 11 is 0. The van der Waals surface area contributed by atoms with E-state index in [1.165, 1.54) is 6.07 Å². The molecule has 0 heterocycles. The average molecular weight is 215 g/mol. The molecule has 1 aromatic carbocycles. The summed E-state index contributed by atoms with van der Waals surface area (Å²) in [6, 6.07) is 2.21. The number of carbonyl (C=O) groups is 1. The van der Waals surface area contributed by atoms with E-state index in [0.29, 0.717) is 0 Å². The van der Waals surface area contributed by atoms with Crippen LogP contribution in [0.4, 0.5) is 8.78 Å². The highest BCUT2D eigenvalue weighted by molar-refractivity contribution is 5.88. The van der Waals surface area contributed by atoms with Crippen LogP contribution in [0.25, 0.3) is 0 Å². The Hall–Kier alpha value is -1.49. The number of aromatic carboxylic acids is 1. The molecular weight excluding hydrogens is 204 g/mol. The minimum absolute atomic E-state index is 0.166. The van der Waals surface area contributed by atoms with Crippen LogP contribution >= 0.6 is 0 Å². The molecule has 0 aliphatic carbocycles. The second-order valence-electron chi connectivity index (χ2n) is 3.44. The maximum absolute atomic E-state index is 13.5. The van der Waals surface area contributed by atoms with Crippen molar-refractivity contribution < 1.29 is 18.7 Å². The van der Waals surface area contributed by atoms with Crippen LogP contribution in [0.15, 0.2) is 12.1 Å². The fourth-order valence-electron chi connectivity index (χ4n) is 1.25. The standard InChI is InChI=1S/C10H11F2NO2/c1-13(2)5-6-3-4-7(11)8(9(6)12)10(14)15/h3-4H,5H2,1-2H3,(H,14,15). The number of carboxylic acids is 1. The Morgan fingerprint density at radius 2 is 2.00 bits per heavy atom. The van der Waals surface area contributed by atoms with Crippen LogP contribution in [0.3, 0.4) is 0 Å². The number of rotatable bonds is 3. The van der Waals surface area contributed by atoms with E-state index in [9.17, 15) is 13.6 Å². The molecule has 0 unspecified atom stereocenters. The van der Waals surface area contributed by atoms with Gasteiger partial charge in [0.05, 0.1) is 0 Å². The molecule has 0 spiro atoms. The first-order valence-electron chi connectivity index (χ1n) is 4.28. The number of benzene rings is 1. The van der Waals surface area contributed by atoms with Gasteiger partial charge in [0.25, 0.3) is 0 Å². The SMILES string of the molecule is CN(C)Cc1ccc(F)c(C(=O)O)c1F. The Balaban J connectivity index is 3.22. The fraction of sp³-hybridized carbons (Fsp3) is 0.300. The molecule has 1 aromatic rings. The Morgan fingerprint density at radius 1 is 1.40 bits per heavy atom. The lowest BCUT2D eigenvalue weighted by Crippen LogP contribution is -2.15. The van der Waals surface area contributed by atoms with Gasteiger partial charge in [-0.1, -0.05) is 6.07 Å². The minimum atomic E-state index is -1.59. The lowest BCUT2D eigenvalue weighted by atomic mass is 10.1. The van der Waals surface area contributed by atoms with E-state index in [0.717, 1.165) is 6.07 Å². The van der Waals surface area contributed by atoms with Gasteiger partial charge in [-0.05, 0) is 20.2 Å². The van der Waals surface area contributed by atoms with E-state index in [-0.39, 0.29) is 12.1 Å². The zero-order chi connectivity index (χ0) is 11.6. The minimum Gasteiger partial charge on any atom is -0.477 e. The zero-order valence-corrected chi connectivity index (χ0v) is 8.42. The van der Waals surface area contributed by atoms with E-state index in [1.54, 1.807) is 19.0 Å². The second kappa shape index (κ2) is 4.35. The Bertz CT molecular complexity index is 391. The molecule has 15 heavy (non-hydrogen) atoms. The van der Waals surface area contributed by atoms with Gasteiger partial charge in [-0.3, -0.25) is 0 Å². The van der Waals surface area contributed by atoms with Gasteiger partial charge in [-0.2, -0.15) is 0 Å². The molecule has 5 heteroatoms. The largest absolute Gasteiger partial charge is 0.477 e. The molecule has 0 radical (unpaired) electrons. The summed E-state index contributed by atoms with van der Waals surface area (Å²) in [7, 11) is 3.42. The average Bonchev–Trinajstić information content (AvgIpc) is 2.09. The Kier molecular flexibility index (Phi) is 3.36. The first-order valence-corrected chi connectivity index (χ1v) is 4.28. The van der Waals surface area contributed by atoms with Crippen LogP contribution in [-0.2, 0) is 6.54 Å². The molecule has 0 aliphatic rings. The summed E-state index contributed by atoms with van der Waals surface area (Å²) in [4.78, 5) is 12.3. The van der Waals surface area contributed by atoms with Crippen LogP contribution in [0.1, 0.15) is 15.9 Å².